The highest BCUT2D eigenvalue weighted by atomic mass is 35.5. The van der Waals surface area contributed by atoms with Crippen LogP contribution in [0.15, 0.2) is 11.0 Å². The van der Waals surface area contributed by atoms with Gasteiger partial charge in [0.1, 0.15) is 9.23 Å². The van der Waals surface area contributed by atoms with Crippen LogP contribution in [-0.2, 0) is 10.0 Å². The van der Waals surface area contributed by atoms with Gasteiger partial charge in [0.2, 0.25) is 10.0 Å². The molecule has 1 unspecified atom stereocenters. The number of hydrogen-bond donors (Lipinski definition) is 2. The molecule has 1 aromatic rings. The molecule has 1 heterocycles. The standard InChI is InChI=1S/C9H13Cl2NO3S2/c1-2-6(13)3-4-12-17(14,15)7-5-8(10)16-9(7)11/h5-6,12-13H,2-4H2,1H3. The number of hydrogen-bond acceptors (Lipinski definition) is 4. The Labute approximate surface area is 115 Å². The molecule has 17 heavy (non-hydrogen) atoms. The van der Waals surface area contributed by atoms with E-state index in [9.17, 15) is 13.5 Å². The van der Waals surface area contributed by atoms with E-state index >= 15 is 0 Å². The van der Waals surface area contributed by atoms with Gasteiger partial charge in [-0.1, -0.05) is 30.1 Å². The average Bonchev–Trinajstić information content (AvgIpc) is 2.58. The van der Waals surface area contributed by atoms with E-state index in [1.54, 1.807) is 0 Å². The van der Waals surface area contributed by atoms with Crippen LogP contribution in [0.4, 0.5) is 0 Å². The van der Waals surface area contributed by atoms with Crippen molar-refractivity contribution >= 4 is 44.6 Å². The molecule has 0 saturated carbocycles. The number of nitrogens with one attached hydrogen (secondary N) is 1. The van der Waals surface area contributed by atoms with Gasteiger partial charge in [-0.2, -0.15) is 0 Å². The number of rotatable bonds is 6. The summed E-state index contributed by atoms with van der Waals surface area (Å²) in [5.41, 5.74) is 0. The van der Waals surface area contributed by atoms with Crippen molar-refractivity contribution in [2.24, 2.45) is 0 Å². The summed E-state index contributed by atoms with van der Waals surface area (Å²) >= 11 is 12.4. The highest BCUT2D eigenvalue weighted by Crippen LogP contribution is 2.33. The smallest absolute Gasteiger partial charge is 0.242 e. The van der Waals surface area contributed by atoms with Crippen LogP contribution in [0.3, 0.4) is 0 Å². The molecule has 0 aromatic carbocycles. The summed E-state index contributed by atoms with van der Waals surface area (Å²) in [6.45, 7) is 2.00. The predicted octanol–water partition coefficient (Wildman–Crippen LogP) is 2.49. The largest absolute Gasteiger partial charge is 0.393 e. The Bertz CT molecular complexity index is 473. The van der Waals surface area contributed by atoms with E-state index in [0.29, 0.717) is 17.2 Å². The minimum absolute atomic E-state index is 0.0137. The number of halogens is 2. The minimum Gasteiger partial charge on any atom is -0.393 e. The Morgan fingerprint density at radius 3 is 2.65 bits per heavy atom. The molecule has 0 radical (unpaired) electrons. The SMILES string of the molecule is CCC(O)CCNS(=O)(=O)c1cc(Cl)sc1Cl. The molecule has 4 nitrogen and oxygen atoms in total. The van der Waals surface area contributed by atoms with Gasteiger partial charge in [0, 0.05) is 6.54 Å². The van der Waals surface area contributed by atoms with E-state index in [1.165, 1.54) is 6.07 Å². The molecule has 1 atom stereocenters. The van der Waals surface area contributed by atoms with E-state index < -0.39 is 16.1 Å². The third-order valence-corrected chi connectivity index (χ3v) is 5.37. The minimum atomic E-state index is -3.64. The van der Waals surface area contributed by atoms with Gasteiger partial charge in [-0.05, 0) is 18.9 Å². The molecule has 0 bridgehead atoms. The summed E-state index contributed by atoms with van der Waals surface area (Å²) in [6, 6.07) is 1.31. The molecule has 1 aromatic heterocycles. The van der Waals surface area contributed by atoms with Gasteiger partial charge in [-0.15, -0.1) is 11.3 Å². The van der Waals surface area contributed by atoms with Crippen molar-refractivity contribution < 1.29 is 13.5 Å². The van der Waals surface area contributed by atoms with Crippen molar-refractivity contribution in [3.63, 3.8) is 0 Å². The fourth-order valence-corrected chi connectivity index (χ4v) is 4.35. The Balaban J connectivity index is 2.66. The maximum atomic E-state index is 11.8. The van der Waals surface area contributed by atoms with E-state index in [1.807, 2.05) is 6.92 Å². The molecule has 0 saturated heterocycles. The van der Waals surface area contributed by atoms with Crippen LogP contribution in [0.1, 0.15) is 19.8 Å². The average molecular weight is 318 g/mol. The molecule has 0 aliphatic heterocycles. The van der Waals surface area contributed by atoms with Crippen LogP contribution in [0.25, 0.3) is 0 Å². The van der Waals surface area contributed by atoms with Crippen LogP contribution >= 0.6 is 34.5 Å². The molecule has 1 rings (SSSR count). The predicted molar refractivity (Wildman–Crippen MR) is 70.4 cm³/mol. The summed E-state index contributed by atoms with van der Waals surface area (Å²) in [7, 11) is -3.64. The first-order valence-corrected chi connectivity index (χ1v) is 8.05. The molecular weight excluding hydrogens is 305 g/mol. The number of sulfonamides is 1. The van der Waals surface area contributed by atoms with Crippen LogP contribution in [0, 0.1) is 0 Å². The second-order valence-electron chi connectivity index (χ2n) is 3.44. The maximum absolute atomic E-state index is 11.8. The Hall–Kier alpha value is 0.150. The number of thiophene rings is 1. The molecule has 8 heteroatoms. The van der Waals surface area contributed by atoms with Crippen molar-refractivity contribution in [3.8, 4) is 0 Å². The van der Waals surface area contributed by atoms with E-state index in [2.05, 4.69) is 4.72 Å². The highest BCUT2D eigenvalue weighted by Gasteiger charge is 2.20. The summed E-state index contributed by atoms with van der Waals surface area (Å²) < 4.78 is 26.4. The fraction of sp³-hybridized carbons (Fsp3) is 0.556. The molecule has 0 spiro atoms. The van der Waals surface area contributed by atoms with Crippen molar-refractivity contribution in [1.82, 2.24) is 4.72 Å². The first kappa shape index (κ1) is 15.2. The van der Waals surface area contributed by atoms with Crippen molar-refractivity contribution in [2.75, 3.05) is 6.54 Å². The zero-order chi connectivity index (χ0) is 13.1. The van der Waals surface area contributed by atoms with Gasteiger partial charge in [-0.25, -0.2) is 13.1 Å². The molecule has 0 aliphatic carbocycles. The summed E-state index contributed by atoms with van der Waals surface area (Å²) in [4.78, 5) is -0.0137. The normalized spacial score (nSPS) is 13.9. The third kappa shape index (κ3) is 4.39. The molecule has 0 fully saturated rings. The lowest BCUT2D eigenvalue weighted by Gasteiger charge is -2.08. The van der Waals surface area contributed by atoms with Gasteiger partial charge in [-0.3, -0.25) is 0 Å². The number of aliphatic hydroxyl groups excluding tert-OH is 1. The maximum Gasteiger partial charge on any atom is 0.242 e. The van der Waals surface area contributed by atoms with Gasteiger partial charge >= 0.3 is 0 Å². The number of aliphatic hydroxyl groups is 1. The highest BCUT2D eigenvalue weighted by molar-refractivity contribution is 7.89. The van der Waals surface area contributed by atoms with E-state index in [-0.39, 0.29) is 15.8 Å². The summed E-state index contributed by atoms with van der Waals surface area (Å²) in [6.07, 6.45) is 0.456. The Morgan fingerprint density at radius 2 is 2.18 bits per heavy atom. The fourth-order valence-electron chi connectivity index (χ4n) is 1.15. The first-order valence-electron chi connectivity index (χ1n) is 4.99. The van der Waals surface area contributed by atoms with Crippen LogP contribution < -0.4 is 4.72 Å². The lowest BCUT2D eigenvalue weighted by atomic mass is 10.2. The van der Waals surface area contributed by atoms with Crippen LogP contribution in [0.5, 0.6) is 0 Å². The van der Waals surface area contributed by atoms with Crippen molar-refractivity contribution in [2.45, 2.75) is 30.8 Å². The lowest BCUT2D eigenvalue weighted by Crippen LogP contribution is -2.27. The second-order valence-corrected chi connectivity index (χ2v) is 7.46. The molecular formula is C9H13Cl2NO3S2. The lowest BCUT2D eigenvalue weighted by molar-refractivity contribution is 0.162. The Morgan fingerprint density at radius 1 is 1.53 bits per heavy atom. The Kier molecular flexibility index (Phi) is 5.69. The zero-order valence-corrected chi connectivity index (χ0v) is 12.3. The monoisotopic (exact) mass is 317 g/mol. The topological polar surface area (TPSA) is 66.4 Å². The van der Waals surface area contributed by atoms with Crippen molar-refractivity contribution in [1.29, 1.82) is 0 Å². The van der Waals surface area contributed by atoms with Crippen molar-refractivity contribution in [3.05, 3.63) is 14.7 Å². The van der Waals surface area contributed by atoms with E-state index in [4.69, 9.17) is 23.2 Å². The molecule has 98 valence electrons. The van der Waals surface area contributed by atoms with Gasteiger partial charge in [0.15, 0.2) is 0 Å². The van der Waals surface area contributed by atoms with Gasteiger partial charge in [0.05, 0.1) is 10.4 Å². The van der Waals surface area contributed by atoms with Gasteiger partial charge in [0.25, 0.3) is 0 Å². The summed E-state index contributed by atoms with van der Waals surface area (Å²) in [5.74, 6) is 0. The van der Waals surface area contributed by atoms with Crippen LogP contribution in [0.2, 0.25) is 8.67 Å². The van der Waals surface area contributed by atoms with E-state index in [0.717, 1.165) is 11.3 Å². The van der Waals surface area contributed by atoms with Gasteiger partial charge < -0.3 is 5.11 Å². The quantitative estimate of drug-likeness (QED) is 0.847. The molecule has 0 amide bonds. The third-order valence-electron chi connectivity index (χ3n) is 2.16. The molecule has 0 aliphatic rings. The molecule has 2 N–H and O–H groups in total. The zero-order valence-electron chi connectivity index (χ0n) is 9.11. The van der Waals surface area contributed by atoms with Crippen LogP contribution in [-0.4, -0.2) is 26.2 Å². The first-order chi connectivity index (χ1) is 7.86. The second kappa shape index (κ2) is 6.36. The summed E-state index contributed by atoms with van der Waals surface area (Å²) in [5, 5.41) is 9.30.